The van der Waals surface area contributed by atoms with Gasteiger partial charge in [0, 0.05) is 28.7 Å². The summed E-state index contributed by atoms with van der Waals surface area (Å²) in [4.78, 5) is 24.6. The van der Waals surface area contributed by atoms with Crippen molar-refractivity contribution in [3.8, 4) is 5.75 Å². The first-order valence-corrected chi connectivity index (χ1v) is 10.5. The number of ether oxygens (including phenoxy) is 3. The first kappa shape index (κ1) is 25.6. The molecule has 0 saturated carbocycles. The molecule has 0 spiro atoms. The Hall–Kier alpha value is -2.98. The molecule has 2 aromatic carbocycles. The normalized spacial score (nSPS) is 15.9. The molecular formula is C24H24F4O6. The average molecular weight is 484 g/mol. The molecule has 0 radical (unpaired) electrons. The molecule has 2 atom stereocenters. The molecular weight excluding hydrogens is 460 g/mol. The Morgan fingerprint density at radius 1 is 1.21 bits per heavy atom. The lowest BCUT2D eigenvalue weighted by Crippen LogP contribution is -2.39. The summed E-state index contributed by atoms with van der Waals surface area (Å²) in [6.45, 7) is 2.16. The Balaban J connectivity index is 1.97. The molecule has 10 heteroatoms. The summed E-state index contributed by atoms with van der Waals surface area (Å²) in [5, 5.41) is 10.1. The Morgan fingerprint density at radius 2 is 1.94 bits per heavy atom. The van der Waals surface area contributed by atoms with E-state index >= 15 is 0 Å². The molecule has 0 fully saturated rings. The molecule has 0 saturated heterocycles. The molecule has 3 rings (SSSR count). The van der Waals surface area contributed by atoms with Gasteiger partial charge in [0.25, 0.3) is 0 Å². The highest BCUT2D eigenvalue weighted by Crippen LogP contribution is 2.43. The molecule has 1 heterocycles. The lowest BCUT2D eigenvalue weighted by molar-refractivity contribution is -0.166. The minimum atomic E-state index is -4.96. The second kappa shape index (κ2) is 10.1. The Labute approximate surface area is 193 Å². The second-order valence-electron chi connectivity index (χ2n) is 8.22. The van der Waals surface area contributed by atoms with E-state index in [2.05, 4.69) is 0 Å². The molecule has 0 aromatic heterocycles. The number of alkyl halides is 3. The number of Topliss-reactive ketones (excluding diaryl/α,β-unsaturated/α-hetero) is 1. The topological polar surface area (TPSA) is 82.1 Å². The number of benzene rings is 2. The molecule has 1 aliphatic heterocycles. The van der Waals surface area contributed by atoms with Crippen LogP contribution in [-0.4, -0.2) is 43.0 Å². The standard InChI is InChI=1S/C24H24F4O6/c1-3-32-13-34-20-7-5-16(25)9-18(20)23(2,12-29)10-19(24(26,27)28)21(30)14-4-6-17-15(8-14)11-33-22(17)31/h4-9,19,29H,3,10-13H2,1-2H3. The summed E-state index contributed by atoms with van der Waals surface area (Å²) >= 11 is 0. The Morgan fingerprint density at radius 3 is 2.59 bits per heavy atom. The molecule has 2 aromatic rings. The number of halogens is 4. The number of carbonyl (C=O) groups is 2. The van der Waals surface area contributed by atoms with E-state index in [1.54, 1.807) is 6.92 Å². The molecule has 2 unspecified atom stereocenters. The summed E-state index contributed by atoms with van der Waals surface area (Å²) in [6, 6.07) is 6.89. The van der Waals surface area contributed by atoms with Crippen molar-refractivity contribution in [2.24, 2.45) is 5.92 Å². The minimum absolute atomic E-state index is 0.0234. The van der Waals surface area contributed by atoms with E-state index in [-0.39, 0.29) is 35.8 Å². The van der Waals surface area contributed by atoms with Gasteiger partial charge in [0.15, 0.2) is 12.6 Å². The minimum Gasteiger partial charge on any atom is -0.467 e. The van der Waals surface area contributed by atoms with Crippen LogP contribution in [0.5, 0.6) is 5.75 Å². The summed E-state index contributed by atoms with van der Waals surface area (Å²) in [5.74, 6) is -5.06. The second-order valence-corrected chi connectivity index (χ2v) is 8.22. The zero-order valence-corrected chi connectivity index (χ0v) is 18.6. The number of rotatable bonds is 10. The third kappa shape index (κ3) is 5.39. The van der Waals surface area contributed by atoms with E-state index in [1.807, 2.05) is 0 Å². The number of ketones is 1. The number of aliphatic hydroxyl groups excluding tert-OH is 1. The number of hydrogen-bond donors (Lipinski definition) is 1. The third-order valence-electron chi connectivity index (χ3n) is 5.78. The van der Waals surface area contributed by atoms with Gasteiger partial charge < -0.3 is 19.3 Å². The van der Waals surface area contributed by atoms with Crippen molar-refractivity contribution in [3.63, 3.8) is 0 Å². The first-order chi connectivity index (χ1) is 16.0. The number of cyclic esters (lactones) is 1. The lowest BCUT2D eigenvalue weighted by Gasteiger charge is -2.33. The predicted molar refractivity (Wildman–Crippen MR) is 112 cm³/mol. The highest BCUT2D eigenvalue weighted by atomic mass is 19.4. The van der Waals surface area contributed by atoms with Gasteiger partial charge in [0.1, 0.15) is 24.1 Å². The molecule has 6 nitrogen and oxygen atoms in total. The van der Waals surface area contributed by atoms with E-state index < -0.39 is 48.1 Å². The summed E-state index contributed by atoms with van der Waals surface area (Å²) in [7, 11) is 0. The van der Waals surface area contributed by atoms with Crippen molar-refractivity contribution in [1.29, 1.82) is 0 Å². The van der Waals surface area contributed by atoms with Crippen LogP contribution in [0, 0.1) is 11.7 Å². The number of esters is 1. The fourth-order valence-electron chi connectivity index (χ4n) is 3.84. The molecule has 0 bridgehead atoms. The number of hydrogen-bond acceptors (Lipinski definition) is 6. The van der Waals surface area contributed by atoms with Crippen LogP contribution in [0.4, 0.5) is 17.6 Å². The van der Waals surface area contributed by atoms with Crippen molar-refractivity contribution in [2.45, 2.75) is 38.5 Å². The fourth-order valence-corrected chi connectivity index (χ4v) is 3.84. The summed E-state index contributed by atoms with van der Waals surface area (Å²) in [6.07, 6.45) is -5.83. The van der Waals surface area contributed by atoms with E-state index in [0.717, 1.165) is 18.2 Å². The molecule has 1 aliphatic rings. The van der Waals surface area contributed by atoms with Crippen molar-refractivity contribution >= 4 is 11.8 Å². The third-order valence-corrected chi connectivity index (χ3v) is 5.78. The maximum atomic E-state index is 14.1. The van der Waals surface area contributed by atoms with E-state index in [9.17, 15) is 32.3 Å². The van der Waals surface area contributed by atoms with Gasteiger partial charge >= 0.3 is 12.1 Å². The van der Waals surface area contributed by atoms with Crippen molar-refractivity contribution in [1.82, 2.24) is 0 Å². The largest absolute Gasteiger partial charge is 0.467 e. The van der Waals surface area contributed by atoms with Crippen LogP contribution in [0.1, 0.15) is 52.1 Å². The number of carbonyl (C=O) groups excluding carboxylic acids is 2. The van der Waals surface area contributed by atoms with E-state index in [0.29, 0.717) is 12.2 Å². The first-order valence-electron chi connectivity index (χ1n) is 10.5. The van der Waals surface area contributed by atoms with E-state index in [1.165, 1.54) is 25.1 Å². The van der Waals surface area contributed by atoms with Crippen LogP contribution in [0.2, 0.25) is 0 Å². The SMILES string of the molecule is CCOCOc1ccc(F)cc1C(C)(CO)CC(C(=O)c1ccc2c(c1)COC2=O)C(F)(F)F. The lowest BCUT2D eigenvalue weighted by atomic mass is 9.73. The van der Waals surface area contributed by atoms with Crippen molar-refractivity contribution in [3.05, 3.63) is 64.5 Å². The van der Waals surface area contributed by atoms with Gasteiger partial charge in [-0.2, -0.15) is 13.2 Å². The Kier molecular flexibility index (Phi) is 7.62. The van der Waals surface area contributed by atoms with Crippen LogP contribution in [0.15, 0.2) is 36.4 Å². The predicted octanol–water partition coefficient (Wildman–Crippen LogP) is 4.57. The fraction of sp³-hybridized carbons (Fsp3) is 0.417. The van der Waals surface area contributed by atoms with Gasteiger partial charge in [-0.15, -0.1) is 0 Å². The molecule has 0 amide bonds. The van der Waals surface area contributed by atoms with Crippen molar-refractivity contribution < 1.29 is 46.5 Å². The van der Waals surface area contributed by atoms with Gasteiger partial charge in [-0.1, -0.05) is 13.0 Å². The van der Waals surface area contributed by atoms with Crippen LogP contribution in [0.25, 0.3) is 0 Å². The van der Waals surface area contributed by atoms with Gasteiger partial charge in [-0.25, -0.2) is 9.18 Å². The molecule has 34 heavy (non-hydrogen) atoms. The Bertz CT molecular complexity index is 1070. The van der Waals surface area contributed by atoms with Gasteiger partial charge in [-0.3, -0.25) is 4.79 Å². The quantitative estimate of drug-likeness (QED) is 0.175. The van der Waals surface area contributed by atoms with Crippen LogP contribution >= 0.6 is 0 Å². The zero-order chi connectivity index (χ0) is 25.1. The average Bonchev–Trinajstić information content (AvgIpc) is 3.17. The monoisotopic (exact) mass is 484 g/mol. The molecule has 1 N–H and O–H groups in total. The highest BCUT2D eigenvalue weighted by molar-refractivity contribution is 6.01. The summed E-state index contributed by atoms with van der Waals surface area (Å²) in [5.41, 5.74) is -1.44. The number of fused-ring (bicyclic) bond motifs is 1. The van der Waals surface area contributed by atoms with E-state index in [4.69, 9.17) is 14.2 Å². The van der Waals surface area contributed by atoms with Gasteiger partial charge in [0.05, 0.1) is 12.2 Å². The van der Waals surface area contributed by atoms with Gasteiger partial charge in [-0.05, 0) is 43.7 Å². The van der Waals surface area contributed by atoms with Crippen LogP contribution in [-0.2, 0) is 21.5 Å². The smallest absolute Gasteiger partial charge is 0.399 e. The van der Waals surface area contributed by atoms with Crippen molar-refractivity contribution in [2.75, 3.05) is 20.0 Å². The molecule has 0 aliphatic carbocycles. The zero-order valence-electron chi connectivity index (χ0n) is 18.6. The van der Waals surface area contributed by atoms with Crippen LogP contribution in [0.3, 0.4) is 0 Å². The maximum Gasteiger partial charge on any atom is 0.399 e. The highest BCUT2D eigenvalue weighted by Gasteiger charge is 2.49. The number of aliphatic hydroxyl groups is 1. The maximum absolute atomic E-state index is 14.1. The summed E-state index contributed by atoms with van der Waals surface area (Å²) < 4.78 is 71.7. The molecule has 184 valence electrons. The van der Waals surface area contributed by atoms with Gasteiger partial charge in [0.2, 0.25) is 0 Å². The van der Waals surface area contributed by atoms with Crippen LogP contribution < -0.4 is 4.74 Å².